The molecule has 0 saturated carbocycles. The van der Waals surface area contributed by atoms with E-state index in [2.05, 4.69) is 4.98 Å². The number of nitrogen functional groups attached to an aromatic ring is 1. The molecule has 0 aliphatic carbocycles. The van der Waals surface area contributed by atoms with Crippen molar-refractivity contribution in [1.29, 1.82) is 0 Å². The third-order valence-electron chi connectivity index (χ3n) is 1.90. The van der Waals surface area contributed by atoms with Crippen LogP contribution in [0.3, 0.4) is 0 Å². The summed E-state index contributed by atoms with van der Waals surface area (Å²) in [6.07, 6.45) is -3.21. The van der Waals surface area contributed by atoms with E-state index in [1.165, 1.54) is 7.11 Å². The van der Waals surface area contributed by atoms with Crippen molar-refractivity contribution in [3.05, 3.63) is 17.3 Å². The van der Waals surface area contributed by atoms with E-state index in [-0.39, 0.29) is 17.3 Å². The summed E-state index contributed by atoms with van der Waals surface area (Å²) in [6, 6.07) is 1.01. The van der Waals surface area contributed by atoms with Crippen LogP contribution in [0, 0.1) is 0 Å². The first-order valence-corrected chi connectivity index (χ1v) is 4.29. The molecule has 7 heteroatoms. The van der Waals surface area contributed by atoms with Gasteiger partial charge in [-0.2, -0.15) is 0 Å². The van der Waals surface area contributed by atoms with Crippen molar-refractivity contribution in [2.75, 3.05) is 12.8 Å². The van der Waals surface area contributed by atoms with Crippen LogP contribution < -0.4 is 10.5 Å². The van der Waals surface area contributed by atoms with Gasteiger partial charge in [-0.1, -0.05) is 0 Å². The number of halogens is 2. The highest BCUT2D eigenvalue weighted by molar-refractivity contribution is 5.71. The number of aromatic nitrogens is 1. The number of pyridine rings is 1. The molecule has 0 amide bonds. The third kappa shape index (κ3) is 2.56. The Hall–Kier alpha value is -1.92. The van der Waals surface area contributed by atoms with Gasteiger partial charge in [0, 0.05) is 0 Å². The van der Waals surface area contributed by atoms with Gasteiger partial charge in [-0.25, -0.2) is 13.8 Å². The Labute approximate surface area is 89.9 Å². The number of rotatable bonds is 4. The summed E-state index contributed by atoms with van der Waals surface area (Å²) in [4.78, 5) is 14.1. The van der Waals surface area contributed by atoms with Gasteiger partial charge in [-0.15, -0.1) is 0 Å². The third-order valence-corrected chi connectivity index (χ3v) is 1.90. The molecule has 0 aromatic carbocycles. The summed E-state index contributed by atoms with van der Waals surface area (Å²) in [5.74, 6) is -1.53. The Morgan fingerprint density at radius 3 is 2.75 bits per heavy atom. The molecule has 0 fully saturated rings. The van der Waals surface area contributed by atoms with Gasteiger partial charge in [0.15, 0.2) is 0 Å². The molecule has 16 heavy (non-hydrogen) atoms. The lowest BCUT2D eigenvalue weighted by Gasteiger charge is -2.10. The highest BCUT2D eigenvalue weighted by atomic mass is 19.3. The average Bonchev–Trinajstić information content (AvgIpc) is 2.16. The summed E-state index contributed by atoms with van der Waals surface area (Å²) in [5.41, 5.74) is 4.84. The van der Waals surface area contributed by atoms with Gasteiger partial charge in [0.05, 0.1) is 24.8 Å². The molecule has 0 spiro atoms. The first-order valence-electron chi connectivity index (χ1n) is 4.29. The Morgan fingerprint density at radius 2 is 2.31 bits per heavy atom. The maximum Gasteiger partial charge on any atom is 0.309 e. The summed E-state index contributed by atoms with van der Waals surface area (Å²) in [6.45, 7) is 0. The summed E-state index contributed by atoms with van der Waals surface area (Å²) >= 11 is 0. The molecule has 1 rings (SSSR count). The number of methoxy groups -OCH3 is 1. The fourth-order valence-corrected chi connectivity index (χ4v) is 1.18. The van der Waals surface area contributed by atoms with Crippen LogP contribution in [0.25, 0.3) is 0 Å². The maximum atomic E-state index is 12.4. The van der Waals surface area contributed by atoms with Gasteiger partial charge < -0.3 is 15.6 Å². The lowest BCUT2D eigenvalue weighted by Crippen LogP contribution is -2.08. The van der Waals surface area contributed by atoms with Crippen LogP contribution in [-0.4, -0.2) is 23.2 Å². The predicted molar refractivity (Wildman–Crippen MR) is 51.5 cm³/mol. The van der Waals surface area contributed by atoms with E-state index >= 15 is 0 Å². The van der Waals surface area contributed by atoms with E-state index in [0.29, 0.717) is 0 Å². The maximum absolute atomic E-state index is 12.4. The van der Waals surface area contributed by atoms with Gasteiger partial charge in [-0.05, 0) is 6.07 Å². The van der Waals surface area contributed by atoms with Crippen LogP contribution in [0.4, 0.5) is 14.6 Å². The highest BCUT2D eigenvalue weighted by Crippen LogP contribution is 2.29. The Kier molecular flexibility index (Phi) is 3.60. The summed E-state index contributed by atoms with van der Waals surface area (Å²) in [7, 11) is 1.24. The Bertz CT molecular complexity index is 410. The number of alkyl halides is 2. The van der Waals surface area contributed by atoms with Crippen molar-refractivity contribution >= 4 is 11.8 Å². The quantitative estimate of drug-likeness (QED) is 0.815. The predicted octanol–water partition coefficient (Wildman–Crippen LogP) is 1.24. The van der Waals surface area contributed by atoms with E-state index < -0.39 is 24.4 Å². The second kappa shape index (κ2) is 4.73. The average molecular weight is 232 g/mol. The van der Waals surface area contributed by atoms with Crippen LogP contribution in [-0.2, 0) is 11.2 Å². The standard InChI is InChI=1S/C9H10F2N2O3/c1-16-6-2-4(8(10)11)9(12)13-5(6)3-7(14)15/h2,8H,3H2,1H3,(H2,12,13)(H,14,15). The van der Waals surface area contributed by atoms with Crippen molar-refractivity contribution in [3.8, 4) is 5.75 Å². The van der Waals surface area contributed by atoms with E-state index in [1.54, 1.807) is 0 Å². The highest BCUT2D eigenvalue weighted by Gasteiger charge is 2.18. The minimum Gasteiger partial charge on any atom is -0.495 e. The number of aliphatic carboxylic acids is 1. The van der Waals surface area contributed by atoms with Gasteiger partial charge in [0.1, 0.15) is 11.6 Å². The SMILES string of the molecule is COc1cc(C(F)F)c(N)nc1CC(=O)O. The van der Waals surface area contributed by atoms with Crippen molar-refractivity contribution in [1.82, 2.24) is 4.98 Å². The molecule has 88 valence electrons. The van der Waals surface area contributed by atoms with Crippen molar-refractivity contribution in [2.45, 2.75) is 12.8 Å². The first-order chi connectivity index (χ1) is 7.45. The molecule has 0 radical (unpaired) electrons. The number of carboxylic acids is 1. The van der Waals surface area contributed by atoms with Crippen LogP contribution in [0.5, 0.6) is 5.75 Å². The number of ether oxygens (including phenoxy) is 1. The number of nitrogens with zero attached hydrogens (tertiary/aromatic N) is 1. The van der Waals surface area contributed by atoms with Gasteiger partial charge in [0.2, 0.25) is 0 Å². The van der Waals surface area contributed by atoms with Crippen LogP contribution in [0.2, 0.25) is 0 Å². The zero-order valence-corrected chi connectivity index (χ0v) is 8.41. The number of anilines is 1. The number of nitrogens with two attached hydrogens (primary N) is 1. The minimum atomic E-state index is -2.78. The van der Waals surface area contributed by atoms with Gasteiger partial charge in [-0.3, -0.25) is 4.79 Å². The van der Waals surface area contributed by atoms with Crippen LogP contribution in [0.15, 0.2) is 6.07 Å². The van der Waals surface area contributed by atoms with Crippen LogP contribution >= 0.6 is 0 Å². The zero-order chi connectivity index (χ0) is 12.3. The molecular weight excluding hydrogens is 222 g/mol. The number of hydrogen-bond donors (Lipinski definition) is 2. The minimum absolute atomic E-state index is 0.00750. The van der Waals surface area contributed by atoms with Gasteiger partial charge in [0.25, 0.3) is 6.43 Å². The van der Waals surface area contributed by atoms with E-state index in [1.807, 2.05) is 0 Å². The van der Waals surface area contributed by atoms with E-state index in [0.717, 1.165) is 6.07 Å². The molecular formula is C9H10F2N2O3. The Morgan fingerprint density at radius 1 is 1.69 bits per heavy atom. The molecule has 1 aromatic heterocycles. The normalized spacial score (nSPS) is 10.5. The number of carboxylic acid groups (broad SMARTS) is 1. The molecule has 3 N–H and O–H groups in total. The second-order valence-corrected chi connectivity index (χ2v) is 2.98. The summed E-state index contributed by atoms with van der Waals surface area (Å²) < 4.78 is 29.7. The molecule has 0 aliphatic rings. The molecule has 0 bridgehead atoms. The van der Waals surface area contributed by atoms with Gasteiger partial charge >= 0.3 is 5.97 Å². The van der Waals surface area contributed by atoms with Crippen molar-refractivity contribution in [3.63, 3.8) is 0 Å². The summed E-state index contributed by atoms with van der Waals surface area (Å²) in [5, 5.41) is 8.57. The largest absolute Gasteiger partial charge is 0.495 e. The fourth-order valence-electron chi connectivity index (χ4n) is 1.18. The first kappa shape index (κ1) is 12.2. The number of carbonyl (C=O) groups is 1. The molecule has 0 unspecified atom stereocenters. The molecule has 0 atom stereocenters. The second-order valence-electron chi connectivity index (χ2n) is 2.98. The number of hydrogen-bond acceptors (Lipinski definition) is 4. The molecule has 0 aliphatic heterocycles. The van der Waals surface area contributed by atoms with E-state index in [9.17, 15) is 13.6 Å². The molecule has 5 nitrogen and oxygen atoms in total. The molecule has 1 heterocycles. The Balaban J connectivity index is 3.20. The van der Waals surface area contributed by atoms with Crippen molar-refractivity contribution in [2.24, 2.45) is 0 Å². The lowest BCUT2D eigenvalue weighted by atomic mass is 10.2. The topological polar surface area (TPSA) is 85.4 Å². The fraction of sp³-hybridized carbons (Fsp3) is 0.333. The van der Waals surface area contributed by atoms with E-state index in [4.69, 9.17) is 15.6 Å². The lowest BCUT2D eigenvalue weighted by molar-refractivity contribution is -0.136. The van der Waals surface area contributed by atoms with Crippen molar-refractivity contribution < 1.29 is 23.4 Å². The molecule has 0 saturated heterocycles. The van der Waals surface area contributed by atoms with Crippen LogP contribution in [0.1, 0.15) is 17.7 Å². The monoisotopic (exact) mass is 232 g/mol. The smallest absolute Gasteiger partial charge is 0.309 e. The molecule has 1 aromatic rings. The zero-order valence-electron chi connectivity index (χ0n) is 8.41.